The Kier molecular flexibility index (Phi) is 4.59. The number of halogens is 5. The largest absolute Gasteiger partial charge is 0.432 e. The highest BCUT2D eigenvalue weighted by molar-refractivity contribution is 7.89. The highest BCUT2D eigenvalue weighted by atomic mass is 32.2. The number of nitrogens with one attached hydrogen (secondary N) is 1. The van der Waals surface area contributed by atoms with E-state index in [1.165, 1.54) is 4.31 Å². The summed E-state index contributed by atoms with van der Waals surface area (Å²) in [6.45, 7) is 0.255. The minimum Gasteiger partial charge on any atom is -0.338 e. The third kappa shape index (κ3) is 4.13. The number of piperidine rings is 1. The second kappa shape index (κ2) is 6.19. The second-order valence-corrected chi connectivity index (χ2v) is 8.80. The molecule has 2 fully saturated rings. The van der Waals surface area contributed by atoms with Gasteiger partial charge in [-0.1, -0.05) is 0 Å². The molecule has 2 aliphatic rings. The van der Waals surface area contributed by atoms with Crippen LogP contribution in [-0.4, -0.2) is 47.5 Å². The number of hydrogen-bond donors (Lipinski definition) is 1. The van der Waals surface area contributed by atoms with Crippen molar-refractivity contribution in [1.82, 2.24) is 14.3 Å². The molecule has 5 nitrogen and oxygen atoms in total. The minimum absolute atomic E-state index is 0.0102. The molecule has 3 rings (SSSR count). The normalized spacial score (nSPS) is 25.7. The molecule has 1 aliphatic carbocycles. The van der Waals surface area contributed by atoms with Crippen molar-refractivity contribution in [2.45, 2.75) is 43.7 Å². The molecule has 11 heteroatoms. The van der Waals surface area contributed by atoms with Gasteiger partial charge in [0.1, 0.15) is 11.5 Å². The van der Waals surface area contributed by atoms with Crippen LogP contribution in [0.2, 0.25) is 0 Å². The maximum atomic E-state index is 12.9. The predicted octanol–water partition coefficient (Wildman–Crippen LogP) is 2.98. The van der Waals surface area contributed by atoms with Crippen LogP contribution in [0.4, 0.5) is 22.0 Å². The number of alkyl halides is 5. The average Bonchev–Trinajstić information content (AvgIpc) is 2.95. The Bertz CT molecular complexity index is 723. The topological polar surface area (TPSA) is 66.1 Å². The zero-order valence-electron chi connectivity index (χ0n) is 13.2. The molecule has 1 saturated carbocycles. The highest BCUT2D eigenvalue weighted by Crippen LogP contribution is 2.43. The lowest BCUT2D eigenvalue weighted by molar-refractivity contribution is -0.141. The van der Waals surface area contributed by atoms with Gasteiger partial charge in [-0.15, -0.1) is 0 Å². The van der Waals surface area contributed by atoms with Gasteiger partial charge in [0.15, 0.2) is 0 Å². The van der Waals surface area contributed by atoms with E-state index in [1.54, 1.807) is 0 Å². The van der Waals surface area contributed by atoms with Crippen LogP contribution in [0, 0.1) is 5.92 Å². The van der Waals surface area contributed by atoms with Gasteiger partial charge in [0.2, 0.25) is 15.9 Å². The van der Waals surface area contributed by atoms with Crippen molar-refractivity contribution in [3.05, 3.63) is 17.7 Å². The van der Waals surface area contributed by atoms with E-state index in [2.05, 4.69) is 9.97 Å². The number of rotatable bonds is 4. The number of H-pyrrole nitrogens is 1. The van der Waals surface area contributed by atoms with Crippen LogP contribution in [0.25, 0.3) is 0 Å². The molecule has 0 aromatic carbocycles. The Hall–Kier alpha value is -1.23. The number of imidazole rings is 1. The Labute approximate surface area is 141 Å². The van der Waals surface area contributed by atoms with E-state index >= 15 is 0 Å². The molecule has 0 radical (unpaired) electrons. The van der Waals surface area contributed by atoms with Crippen LogP contribution in [0.5, 0.6) is 0 Å². The van der Waals surface area contributed by atoms with Crippen molar-refractivity contribution < 1.29 is 30.4 Å². The molecule has 1 aromatic rings. The third-order valence-electron chi connectivity index (χ3n) is 4.69. The number of sulfonamides is 1. The van der Waals surface area contributed by atoms with E-state index < -0.39 is 52.5 Å². The van der Waals surface area contributed by atoms with Gasteiger partial charge in [0.25, 0.3) is 0 Å². The van der Waals surface area contributed by atoms with E-state index in [1.807, 2.05) is 0 Å². The lowest BCUT2D eigenvalue weighted by atomic mass is 9.83. The summed E-state index contributed by atoms with van der Waals surface area (Å²) >= 11 is 0. The Balaban J connectivity index is 1.65. The fourth-order valence-electron chi connectivity index (χ4n) is 3.41. The first-order valence-corrected chi connectivity index (χ1v) is 9.55. The van der Waals surface area contributed by atoms with Gasteiger partial charge in [-0.3, -0.25) is 0 Å². The first-order valence-electron chi connectivity index (χ1n) is 7.94. The Morgan fingerprint density at radius 3 is 2.56 bits per heavy atom. The molecule has 1 saturated heterocycles. The van der Waals surface area contributed by atoms with Crippen LogP contribution in [0.15, 0.2) is 6.20 Å². The molecule has 0 amide bonds. The van der Waals surface area contributed by atoms with E-state index in [0.29, 0.717) is 19.0 Å². The number of aromatic amines is 1. The molecular weight excluding hydrogens is 369 g/mol. The van der Waals surface area contributed by atoms with Gasteiger partial charge in [-0.05, 0) is 18.8 Å². The van der Waals surface area contributed by atoms with Crippen molar-refractivity contribution in [1.29, 1.82) is 0 Å². The SMILES string of the molecule is O=S(=O)(CC1CC(F)(F)C1)N1CCCC(c2ncc(C(F)(F)F)[nH]2)C1. The number of hydrogen-bond acceptors (Lipinski definition) is 3. The molecule has 2 heterocycles. The third-order valence-corrected chi connectivity index (χ3v) is 6.70. The van der Waals surface area contributed by atoms with Crippen LogP contribution in [-0.2, 0) is 16.2 Å². The molecule has 1 unspecified atom stereocenters. The average molecular weight is 387 g/mol. The summed E-state index contributed by atoms with van der Waals surface area (Å²) in [5, 5.41) is 0. The standard InChI is InChI=1S/C14H18F5N3O2S/c15-13(16)4-9(5-13)8-25(23,24)22-3-1-2-10(7-22)12-20-6-11(21-12)14(17,18)19/h6,9-10H,1-5,7-8H2,(H,20,21). The number of aromatic nitrogens is 2. The van der Waals surface area contributed by atoms with Gasteiger partial charge < -0.3 is 4.98 Å². The van der Waals surface area contributed by atoms with Crippen molar-refractivity contribution in [2.24, 2.45) is 5.92 Å². The fraction of sp³-hybridized carbons (Fsp3) is 0.786. The molecule has 1 aromatic heterocycles. The summed E-state index contributed by atoms with van der Waals surface area (Å²) in [6.07, 6.45) is -3.72. The molecule has 1 aliphatic heterocycles. The monoisotopic (exact) mass is 387 g/mol. The lowest BCUT2D eigenvalue weighted by Gasteiger charge is -2.37. The fourth-order valence-corrected chi connectivity index (χ4v) is 5.27. The molecule has 142 valence electrons. The Morgan fingerprint density at radius 1 is 1.32 bits per heavy atom. The van der Waals surface area contributed by atoms with Gasteiger partial charge >= 0.3 is 6.18 Å². The van der Waals surface area contributed by atoms with E-state index in [4.69, 9.17) is 0 Å². The van der Waals surface area contributed by atoms with Gasteiger partial charge in [0.05, 0.1) is 11.9 Å². The van der Waals surface area contributed by atoms with E-state index in [9.17, 15) is 30.4 Å². The van der Waals surface area contributed by atoms with E-state index in [-0.39, 0.29) is 24.7 Å². The van der Waals surface area contributed by atoms with Crippen LogP contribution < -0.4 is 0 Å². The maximum Gasteiger partial charge on any atom is 0.432 e. The highest BCUT2D eigenvalue weighted by Gasteiger charge is 2.47. The molecule has 0 bridgehead atoms. The van der Waals surface area contributed by atoms with Crippen molar-refractivity contribution in [3.8, 4) is 0 Å². The van der Waals surface area contributed by atoms with Crippen LogP contribution in [0.3, 0.4) is 0 Å². The lowest BCUT2D eigenvalue weighted by Crippen LogP contribution is -2.45. The smallest absolute Gasteiger partial charge is 0.338 e. The predicted molar refractivity (Wildman–Crippen MR) is 78.6 cm³/mol. The van der Waals surface area contributed by atoms with Crippen LogP contribution in [0.1, 0.15) is 43.1 Å². The minimum atomic E-state index is -4.54. The molecular formula is C14H18F5N3O2S. The molecule has 1 atom stereocenters. The summed E-state index contributed by atoms with van der Waals surface area (Å²) in [5.41, 5.74) is -0.973. The molecule has 1 N–H and O–H groups in total. The maximum absolute atomic E-state index is 12.9. The van der Waals surface area contributed by atoms with Gasteiger partial charge in [-0.2, -0.15) is 13.2 Å². The zero-order valence-corrected chi connectivity index (χ0v) is 14.0. The van der Waals surface area contributed by atoms with Gasteiger partial charge in [0, 0.05) is 31.8 Å². The first kappa shape index (κ1) is 18.6. The van der Waals surface area contributed by atoms with Crippen molar-refractivity contribution in [3.63, 3.8) is 0 Å². The molecule has 0 spiro atoms. The number of nitrogens with zero attached hydrogens (tertiary/aromatic N) is 2. The van der Waals surface area contributed by atoms with Gasteiger partial charge in [-0.25, -0.2) is 26.5 Å². The summed E-state index contributed by atoms with van der Waals surface area (Å²) in [4.78, 5) is 5.95. The van der Waals surface area contributed by atoms with Crippen molar-refractivity contribution >= 4 is 10.0 Å². The van der Waals surface area contributed by atoms with Crippen molar-refractivity contribution in [2.75, 3.05) is 18.8 Å². The zero-order chi connectivity index (χ0) is 18.5. The van der Waals surface area contributed by atoms with E-state index in [0.717, 1.165) is 0 Å². The summed E-state index contributed by atoms with van der Waals surface area (Å²) in [7, 11) is -3.72. The summed E-state index contributed by atoms with van der Waals surface area (Å²) < 4.78 is 89.7. The second-order valence-electron chi connectivity index (χ2n) is 6.79. The first-order chi connectivity index (χ1) is 11.5. The van der Waals surface area contributed by atoms with Crippen LogP contribution >= 0.6 is 0 Å². The quantitative estimate of drug-likeness (QED) is 0.808. The Morgan fingerprint density at radius 2 is 2.00 bits per heavy atom. The summed E-state index contributed by atoms with van der Waals surface area (Å²) in [5.74, 6) is -4.07. The summed E-state index contributed by atoms with van der Waals surface area (Å²) in [6, 6.07) is 0. The molecule has 25 heavy (non-hydrogen) atoms.